The molecule has 29 heavy (non-hydrogen) atoms. The zero-order valence-electron chi connectivity index (χ0n) is 16.3. The lowest BCUT2D eigenvalue weighted by atomic mass is 9.81. The molecule has 3 aliphatic rings. The van der Waals surface area contributed by atoms with Gasteiger partial charge in [0.2, 0.25) is 17.7 Å². The average molecular weight is 420 g/mol. The van der Waals surface area contributed by atoms with E-state index in [0.29, 0.717) is 16.8 Å². The van der Waals surface area contributed by atoms with Crippen LogP contribution in [0.5, 0.6) is 0 Å². The van der Waals surface area contributed by atoms with Gasteiger partial charge in [0.25, 0.3) is 0 Å². The van der Waals surface area contributed by atoms with Crippen LogP contribution in [0.3, 0.4) is 0 Å². The van der Waals surface area contributed by atoms with E-state index in [9.17, 15) is 14.4 Å². The Morgan fingerprint density at radius 2 is 2.07 bits per heavy atom. The largest absolute Gasteiger partial charge is 0.340 e. The first-order valence-electron chi connectivity index (χ1n) is 10.1. The Morgan fingerprint density at radius 1 is 1.24 bits per heavy atom. The van der Waals surface area contributed by atoms with Crippen LogP contribution in [0.2, 0.25) is 5.02 Å². The van der Waals surface area contributed by atoms with Crippen molar-refractivity contribution >= 4 is 35.0 Å². The number of hydrogen-bond acceptors (Lipinski definition) is 5. The smallest absolute Gasteiger partial charge is 0.229 e. The van der Waals surface area contributed by atoms with Crippen molar-refractivity contribution in [2.45, 2.75) is 51.1 Å². The number of nitrogens with one attached hydrogen (secondary N) is 4. The molecular weight excluding hydrogens is 394 g/mol. The van der Waals surface area contributed by atoms with Crippen LogP contribution in [0.4, 0.5) is 5.69 Å². The maximum absolute atomic E-state index is 13.0. The summed E-state index contributed by atoms with van der Waals surface area (Å²) in [5.41, 5.74) is 0.536. The molecule has 3 aliphatic heterocycles. The molecule has 3 fully saturated rings. The van der Waals surface area contributed by atoms with Crippen LogP contribution >= 0.6 is 11.6 Å². The van der Waals surface area contributed by atoms with E-state index in [4.69, 9.17) is 11.6 Å². The van der Waals surface area contributed by atoms with Gasteiger partial charge >= 0.3 is 0 Å². The summed E-state index contributed by atoms with van der Waals surface area (Å²) >= 11 is 5.98. The molecule has 4 N–H and O–H groups in total. The molecule has 3 saturated heterocycles. The fourth-order valence-corrected chi connectivity index (χ4v) is 4.73. The number of carbonyl (C=O) groups is 3. The molecule has 1 aromatic rings. The molecule has 4 rings (SSSR count). The maximum atomic E-state index is 13.0. The molecule has 0 bridgehead atoms. The van der Waals surface area contributed by atoms with Gasteiger partial charge in [0.05, 0.1) is 18.0 Å². The molecule has 0 radical (unpaired) electrons. The molecule has 9 heteroatoms. The van der Waals surface area contributed by atoms with Crippen molar-refractivity contribution in [2.24, 2.45) is 11.8 Å². The predicted molar refractivity (Wildman–Crippen MR) is 109 cm³/mol. The maximum Gasteiger partial charge on any atom is 0.229 e. The van der Waals surface area contributed by atoms with Gasteiger partial charge in [-0.2, -0.15) is 0 Å². The molecule has 0 saturated carbocycles. The number of carbonyl (C=O) groups excluding carboxylic acids is 3. The van der Waals surface area contributed by atoms with E-state index < -0.39 is 18.0 Å². The lowest BCUT2D eigenvalue weighted by Gasteiger charge is -2.48. The first-order valence-corrected chi connectivity index (χ1v) is 10.5. The zero-order chi connectivity index (χ0) is 20.5. The molecule has 5 atom stereocenters. The number of anilines is 1. The van der Waals surface area contributed by atoms with Crippen LogP contribution in [0.25, 0.3) is 0 Å². The number of nitrogens with zero attached hydrogens (tertiary/aromatic N) is 1. The van der Waals surface area contributed by atoms with E-state index in [1.807, 2.05) is 0 Å². The van der Waals surface area contributed by atoms with E-state index in [1.54, 1.807) is 24.3 Å². The molecule has 3 amide bonds. The minimum atomic E-state index is -0.764. The number of rotatable bonds is 3. The molecular formula is C20H26ClN5O3. The van der Waals surface area contributed by atoms with Crippen molar-refractivity contribution in [3.63, 3.8) is 0 Å². The Hall–Kier alpha value is -2.16. The highest BCUT2D eigenvalue weighted by Gasteiger charge is 2.49. The van der Waals surface area contributed by atoms with Crippen molar-refractivity contribution in [2.75, 3.05) is 11.9 Å². The summed E-state index contributed by atoms with van der Waals surface area (Å²) in [7, 11) is 0. The van der Waals surface area contributed by atoms with Crippen LogP contribution in [-0.2, 0) is 14.4 Å². The van der Waals surface area contributed by atoms with Crippen LogP contribution in [-0.4, -0.2) is 47.7 Å². The second kappa shape index (κ2) is 8.30. The number of fused-ring (bicyclic) bond motifs is 1. The van der Waals surface area contributed by atoms with Gasteiger partial charge in [-0.05, 0) is 38.0 Å². The van der Waals surface area contributed by atoms with Gasteiger partial charge in [-0.25, -0.2) is 0 Å². The van der Waals surface area contributed by atoms with Crippen LogP contribution in [0.15, 0.2) is 24.3 Å². The molecule has 5 unspecified atom stereocenters. The highest BCUT2D eigenvalue weighted by molar-refractivity contribution is 6.30. The van der Waals surface area contributed by atoms with E-state index in [0.717, 1.165) is 19.4 Å². The quantitative estimate of drug-likeness (QED) is 0.590. The van der Waals surface area contributed by atoms with Crippen LogP contribution in [0.1, 0.15) is 32.6 Å². The normalized spacial score (nSPS) is 32.7. The molecule has 0 aromatic heterocycles. The number of benzene rings is 1. The lowest BCUT2D eigenvalue weighted by molar-refractivity contribution is -0.148. The second-order valence-corrected chi connectivity index (χ2v) is 8.48. The molecule has 156 valence electrons. The minimum absolute atomic E-state index is 0.0343. The van der Waals surface area contributed by atoms with E-state index in [2.05, 4.69) is 33.1 Å². The summed E-state index contributed by atoms with van der Waals surface area (Å²) in [6.07, 6.45) is 2.34. The fourth-order valence-electron chi connectivity index (χ4n) is 4.54. The summed E-state index contributed by atoms with van der Waals surface area (Å²) in [6.45, 7) is 3.02. The minimum Gasteiger partial charge on any atom is -0.340 e. The van der Waals surface area contributed by atoms with Gasteiger partial charge < -0.3 is 16.0 Å². The number of hydrogen-bond donors (Lipinski definition) is 4. The topological polar surface area (TPSA) is 103 Å². The number of halogens is 1. The molecule has 1 aromatic carbocycles. The highest BCUT2D eigenvalue weighted by Crippen LogP contribution is 2.29. The van der Waals surface area contributed by atoms with E-state index >= 15 is 0 Å². The third kappa shape index (κ3) is 4.24. The third-order valence-electron chi connectivity index (χ3n) is 6.05. The SMILES string of the molecule is CC1CCCCN1C1NC(=O)C2C(NC(=O)CC2C(=O)Nc2cccc(Cl)c2)N1. The molecule has 8 nitrogen and oxygen atoms in total. The Labute approximate surface area is 174 Å². The average Bonchev–Trinajstić information content (AvgIpc) is 2.67. The number of amides is 3. The van der Waals surface area contributed by atoms with Gasteiger partial charge in [-0.1, -0.05) is 24.1 Å². The summed E-state index contributed by atoms with van der Waals surface area (Å²) in [4.78, 5) is 40.4. The Balaban J connectivity index is 1.50. The standard InChI is InChI=1S/C20H26ClN5O3/c1-11-5-2-3-8-26(11)20-24-17-16(19(29)25-20)14(10-15(27)23-17)18(28)22-13-7-4-6-12(21)9-13/h4,6-7,9,11,14,16-17,20,24H,2-3,5,8,10H2,1H3,(H,22,28)(H,23,27)(H,25,29). The summed E-state index contributed by atoms with van der Waals surface area (Å²) in [5, 5.41) is 12.5. The number of piperidine rings is 2. The van der Waals surface area contributed by atoms with E-state index in [1.165, 1.54) is 6.42 Å². The predicted octanol–water partition coefficient (Wildman–Crippen LogP) is 1.23. The second-order valence-electron chi connectivity index (χ2n) is 8.04. The lowest BCUT2D eigenvalue weighted by Crippen LogP contribution is -2.75. The molecule has 0 spiro atoms. The highest BCUT2D eigenvalue weighted by atomic mass is 35.5. The number of likely N-dealkylation sites (tertiary alicyclic amines) is 1. The summed E-state index contributed by atoms with van der Waals surface area (Å²) < 4.78 is 0. The van der Waals surface area contributed by atoms with Gasteiger partial charge in [0, 0.05) is 29.7 Å². The Kier molecular flexibility index (Phi) is 5.76. The van der Waals surface area contributed by atoms with Crippen molar-refractivity contribution in [1.29, 1.82) is 0 Å². The summed E-state index contributed by atoms with van der Waals surface area (Å²) in [6, 6.07) is 7.12. The summed E-state index contributed by atoms with van der Waals surface area (Å²) in [5.74, 6) is -2.27. The Morgan fingerprint density at radius 3 is 2.83 bits per heavy atom. The van der Waals surface area contributed by atoms with Gasteiger partial charge in [0.1, 0.15) is 6.29 Å². The van der Waals surface area contributed by atoms with E-state index in [-0.39, 0.29) is 30.4 Å². The third-order valence-corrected chi connectivity index (χ3v) is 6.28. The zero-order valence-corrected chi connectivity index (χ0v) is 17.0. The van der Waals surface area contributed by atoms with Gasteiger partial charge in [0.15, 0.2) is 0 Å². The Bertz CT molecular complexity index is 819. The van der Waals surface area contributed by atoms with Crippen molar-refractivity contribution < 1.29 is 14.4 Å². The first-order chi connectivity index (χ1) is 13.9. The van der Waals surface area contributed by atoms with Crippen molar-refractivity contribution in [1.82, 2.24) is 20.9 Å². The first kappa shape index (κ1) is 20.1. The fraction of sp³-hybridized carbons (Fsp3) is 0.550. The van der Waals surface area contributed by atoms with Crippen molar-refractivity contribution in [3.05, 3.63) is 29.3 Å². The monoisotopic (exact) mass is 419 g/mol. The van der Waals surface area contributed by atoms with Gasteiger partial charge in [-0.3, -0.25) is 24.6 Å². The van der Waals surface area contributed by atoms with Crippen LogP contribution < -0.4 is 21.3 Å². The molecule has 0 aliphatic carbocycles. The van der Waals surface area contributed by atoms with Crippen LogP contribution in [0, 0.1) is 11.8 Å². The van der Waals surface area contributed by atoms with Crippen molar-refractivity contribution in [3.8, 4) is 0 Å². The van der Waals surface area contributed by atoms with Gasteiger partial charge in [-0.15, -0.1) is 0 Å². The molecule has 3 heterocycles.